The summed E-state index contributed by atoms with van der Waals surface area (Å²) in [5, 5.41) is 20.8. The van der Waals surface area contributed by atoms with E-state index in [1.165, 1.54) is 18.2 Å². The third-order valence-corrected chi connectivity index (χ3v) is 3.16. The fourth-order valence-corrected chi connectivity index (χ4v) is 1.97. The van der Waals surface area contributed by atoms with Gasteiger partial charge < -0.3 is 15.5 Å². The van der Waals surface area contributed by atoms with Crippen molar-refractivity contribution in [1.82, 2.24) is 0 Å². The Morgan fingerprint density at radius 2 is 1.86 bits per heavy atom. The van der Waals surface area contributed by atoms with Crippen LogP contribution in [0, 0.1) is 5.82 Å². The molecule has 0 radical (unpaired) electrons. The van der Waals surface area contributed by atoms with Crippen LogP contribution in [-0.4, -0.2) is 22.1 Å². The molecule has 1 amide bonds. The monoisotopic (exact) mass is 353 g/mol. The van der Waals surface area contributed by atoms with Gasteiger partial charge in [-0.25, -0.2) is 9.18 Å². The normalized spacial score (nSPS) is 10.2. The summed E-state index contributed by atoms with van der Waals surface area (Å²) in [7, 11) is 0. The van der Waals surface area contributed by atoms with E-state index in [2.05, 4.69) is 21.2 Å². The number of carbonyl (C=O) groups excluding carboxylic acids is 1. The third kappa shape index (κ3) is 3.38. The molecule has 2 rings (SSSR count). The van der Waals surface area contributed by atoms with Crippen LogP contribution in [0.25, 0.3) is 0 Å². The van der Waals surface area contributed by atoms with Crippen LogP contribution in [0.2, 0.25) is 0 Å². The van der Waals surface area contributed by atoms with Gasteiger partial charge in [-0.05, 0) is 36.4 Å². The number of anilines is 1. The van der Waals surface area contributed by atoms with Gasteiger partial charge in [0.1, 0.15) is 11.6 Å². The van der Waals surface area contributed by atoms with Gasteiger partial charge in [0.15, 0.2) is 0 Å². The highest BCUT2D eigenvalue weighted by Crippen LogP contribution is 2.25. The van der Waals surface area contributed by atoms with Crippen LogP contribution in [0.4, 0.5) is 10.1 Å². The molecule has 21 heavy (non-hydrogen) atoms. The molecule has 0 unspecified atom stereocenters. The van der Waals surface area contributed by atoms with E-state index >= 15 is 0 Å². The molecule has 0 heterocycles. The number of phenolic OH excluding ortho intramolecular Hbond substituents is 1. The van der Waals surface area contributed by atoms with Gasteiger partial charge >= 0.3 is 5.97 Å². The van der Waals surface area contributed by atoms with Gasteiger partial charge in [0.2, 0.25) is 0 Å². The van der Waals surface area contributed by atoms with Crippen LogP contribution in [0.15, 0.2) is 40.9 Å². The summed E-state index contributed by atoms with van der Waals surface area (Å²) in [6.07, 6.45) is 0. The van der Waals surface area contributed by atoms with E-state index in [1.54, 1.807) is 0 Å². The van der Waals surface area contributed by atoms with Crippen LogP contribution < -0.4 is 5.32 Å². The fourth-order valence-electron chi connectivity index (χ4n) is 1.63. The second-order valence-electron chi connectivity index (χ2n) is 4.12. The van der Waals surface area contributed by atoms with Crippen LogP contribution in [0.3, 0.4) is 0 Å². The first-order valence-corrected chi connectivity index (χ1v) is 6.50. The Labute approximate surface area is 127 Å². The minimum Gasteiger partial charge on any atom is -0.506 e. The van der Waals surface area contributed by atoms with Gasteiger partial charge in [-0.15, -0.1) is 0 Å². The Hall–Kier alpha value is -2.41. The molecule has 0 saturated carbocycles. The lowest BCUT2D eigenvalue weighted by Crippen LogP contribution is -2.14. The first-order valence-electron chi connectivity index (χ1n) is 5.71. The molecule has 0 aromatic heterocycles. The summed E-state index contributed by atoms with van der Waals surface area (Å²) in [6.45, 7) is 0. The number of carboxylic acid groups (broad SMARTS) is 1. The van der Waals surface area contributed by atoms with Gasteiger partial charge in [0.25, 0.3) is 5.91 Å². The summed E-state index contributed by atoms with van der Waals surface area (Å²) in [5.74, 6) is -3.06. The second kappa shape index (κ2) is 5.92. The van der Waals surface area contributed by atoms with Gasteiger partial charge in [0, 0.05) is 4.47 Å². The molecule has 0 spiro atoms. The number of hydrogen-bond donors (Lipinski definition) is 3. The van der Waals surface area contributed by atoms with Crippen molar-refractivity contribution in [2.75, 3.05) is 5.32 Å². The molecule has 0 saturated heterocycles. The SMILES string of the molecule is O=C(O)c1ccc(O)c(NC(=O)c2ccc(Br)cc2F)c1. The van der Waals surface area contributed by atoms with Crippen molar-refractivity contribution in [3.05, 3.63) is 57.8 Å². The van der Waals surface area contributed by atoms with Crippen molar-refractivity contribution in [1.29, 1.82) is 0 Å². The quantitative estimate of drug-likeness (QED) is 0.739. The summed E-state index contributed by atoms with van der Waals surface area (Å²) in [6, 6.07) is 7.30. The summed E-state index contributed by atoms with van der Waals surface area (Å²) in [4.78, 5) is 22.8. The molecule has 0 aliphatic carbocycles. The fraction of sp³-hybridized carbons (Fsp3) is 0. The number of hydrogen-bond acceptors (Lipinski definition) is 3. The van der Waals surface area contributed by atoms with E-state index in [0.29, 0.717) is 4.47 Å². The van der Waals surface area contributed by atoms with Gasteiger partial charge in [-0.1, -0.05) is 15.9 Å². The van der Waals surface area contributed by atoms with Crippen LogP contribution >= 0.6 is 15.9 Å². The topological polar surface area (TPSA) is 86.6 Å². The first kappa shape index (κ1) is 15.0. The van der Waals surface area contributed by atoms with E-state index < -0.39 is 17.7 Å². The lowest BCUT2D eigenvalue weighted by atomic mass is 10.1. The Morgan fingerprint density at radius 1 is 1.14 bits per heavy atom. The molecule has 0 aliphatic rings. The van der Waals surface area contributed by atoms with Gasteiger partial charge in [-0.3, -0.25) is 4.79 Å². The standard InChI is InChI=1S/C14H9BrFNO4/c15-8-2-3-9(10(16)6-8)13(19)17-11-5-7(14(20)21)1-4-12(11)18/h1-6,18H,(H,17,19)(H,20,21). The maximum absolute atomic E-state index is 13.7. The molecule has 3 N–H and O–H groups in total. The Kier molecular flexibility index (Phi) is 4.23. The summed E-state index contributed by atoms with van der Waals surface area (Å²) >= 11 is 3.07. The zero-order chi connectivity index (χ0) is 15.6. The zero-order valence-electron chi connectivity index (χ0n) is 10.4. The predicted octanol–water partition coefficient (Wildman–Crippen LogP) is 3.24. The van der Waals surface area contributed by atoms with Crippen molar-refractivity contribution < 1.29 is 24.2 Å². The van der Waals surface area contributed by atoms with E-state index in [4.69, 9.17) is 5.11 Å². The number of nitrogens with one attached hydrogen (secondary N) is 1. The Morgan fingerprint density at radius 3 is 2.48 bits per heavy atom. The maximum atomic E-state index is 13.7. The minimum absolute atomic E-state index is 0.109. The van der Waals surface area contributed by atoms with Crippen molar-refractivity contribution in [2.45, 2.75) is 0 Å². The number of aromatic carboxylic acids is 1. The zero-order valence-corrected chi connectivity index (χ0v) is 12.0. The molecule has 108 valence electrons. The lowest BCUT2D eigenvalue weighted by molar-refractivity contribution is 0.0696. The van der Waals surface area contributed by atoms with Crippen molar-refractivity contribution >= 4 is 33.5 Å². The number of amides is 1. The Balaban J connectivity index is 2.31. The molecule has 0 bridgehead atoms. The molecule has 7 heteroatoms. The first-order chi connectivity index (χ1) is 9.88. The molecular weight excluding hydrogens is 345 g/mol. The number of carbonyl (C=O) groups is 2. The van der Waals surface area contributed by atoms with E-state index in [0.717, 1.165) is 18.2 Å². The van der Waals surface area contributed by atoms with Crippen LogP contribution in [0.5, 0.6) is 5.75 Å². The van der Waals surface area contributed by atoms with Crippen LogP contribution in [-0.2, 0) is 0 Å². The van der Waals surface area contributed by atoms with Crippen LogP contribution in [0.1, 0.15) is 20.7 Å². The molecule has 0 atom stereocenters. The highest BCUT2D eigenvalue weighted by molar-refractivity contribution is 9.10. The third-order valence-electron chi connectivity index (χ3n) is 2.67. The molecule has 2 aromatic rings. The average molecular weight is 354 g/mol. The Bertz CT molecular complexity index is 733. The van der Waals surface area contributed by atoms with Crippen molar-refractivity contribution in [2.24, 2.45) is 0 Å². The maximum Gasteiger partial charge on any atom is 0.335 e. The molecule has 5 nitrogen and oxygen atoms in total. The number of halogens is 2. The average Bonchev–Trinajstić information content (AvgIpc) is 2.40. The minimum atomic E-state index is -1.21. The highest BCUT2D eigenvalue weighted by Gasteiger charge is 2.15. The van der Waals surface area contributed by atoms with E-state index in [1.807, 2.05) is 0 Å². The second-order valence-corrected chi connectivity index (χ2v) is 5.03. The number of phenols is 1. The molecule has 2 aromatic carbocycles. The molecule has 0 fully saturated rings. The summed E-state index contributed by atoms with van der Waals surface area (Å²) in [5.41, 5.74) is -0.445. The van der Waals surface area contributed by atoms with Gasteiger partial charge in [0.05, 0.1) is 16.8 Å². The lowest BCUT2D eigenvalue weighted by Gasteiger charge is -2.09. The predicted molar refractivity (Wildman–Crippen MR) is 77.1 cm³/mol. The number of rotatable bonds is 3. The smallest absolute Gasteiger partial charge is 0.335 e. The molecule has 0 aliphatic heterocycles. The number of aromatic hydroxyl groups is 1. The van der Waals surface area contributed by atoms with E-state index in [9.17, 15) is 19.1 Å². The summed E-state index contributed by atoms with van der Waals surface area (Å²) < 4.78 is 14.1. The van der Waals surface area contributed by atoms with Crippen molar-refractivity contribution in [3.8, 4) is 5.75 Å². The largest absolute Gasteiger partial charge is 0.506 e. The van der Waals surface area contributed by atoms with Crippen molar-refractivity contribution in [3.63, 3.8) is 0 Å². The molecular formula is C14H9BrFNO4. The number of benzene rings is 2. The highest BCUT2D eigenvalue weighted by atomic mass is 79.9. The number of carboxylic acids is 1. The van der Waals surface area contributed by atoms with Gasteiger partial charge in [-0.2, -0.15) is 0 Å². The van der Waals surface area contributed by atoms with E-state index in [-0.39, 0.29) is 22.6 Å².